The summed E-state index contributed by atoms with van der Waals surface area (Å²) in [7, 11) is 0. The summed E-state index contributed by atoms with van der Waals surface area (Å²) in [5, 5.41) is 2.65. The van der Waals surface area contributed by atoms with Gasteiger partial charge in [0.05, 0.1) is 0 Å². The molecule has 1 aromatic rings. The number of benzene rings is 1. The maximum atomic E-state index is 13.8. The van der Waals surface area contributed by atoms with Gasteiger partial charge in [0.15, 0.2) is 0 Å². The summed E-state index contributed by atoms with van der Waals surface area (Å²) >= 11 is 0. The first-order valence-corrected chi connectivity index (χ1v) is 6.98. The zero-order chi connectivity index (χ0) is 15.3. The Hall–Kier alpha value is -1.98. The van der Waals surface area contributed by atoms with Crippen LogP contribution >= 0.6 is 0 Å². The van der Waals surface area contributed by atoms with E-state index >= 15 is 0 Å². The molecule has 0 spiro atoms. The Labute approximate surface area is 121 Å². The predicted molar refractivity (Wildman–Crippen MR) is 71.5 cm³/mol. The number of rotatable bonds is 3. The highest BCUT2D eigenvalue weighted by molar-refractivity contribution is 6.05. The van der Waals surface area contributed by atoms with Gasteiger partial charge < -0.3 is 5.32 Å². The summed E-state index contributed by atoms with van der Waals surface area (Å²) in [4.78, 5) is 25.4. The van der Waals surface area contributed by atoms with Crippen LogP contribution in [0.25, 0.3) is 0 Å². The van der Waals surface area contributed by atoms with Gasteiger partial charge in [-0.2, -0.15) is 0 Å². The second kappa shape index (κ2) is 4.79. The minimum absolute atomic E-state index is 0.00575. The van der Waals surface area contributed by atoms with Crippen molar-refractivity contribution < 1.29 is 18.4 Å². The van der Waals surface area contributed by atoms with Crippen molar-refractivity contribution in [3.05, 3.63) is 35.4 Å². The number of carbonyl (C=O) groups excluding carboxylic acids is 2. The van der Waals surface area contributed by atoms with Crippen LogP contribution in [0.4, 0.5) is 13.6 Å². The predicted octanol–water partition coefficient (Wildman–Crippen LogP) is 2.40. The first kappa shape index (κ1) is 14.0. The molecule has 0 aromatic heterocycles. The molecule has 0 radical (unpaired) electrons. The molecule has 21 heavy (non-hydrogen) atoms. The second-order valence-corrected chi connectivity index (χ2v) is 5.95. The summed E-state index contributed by atoms with van der Waals surface area (Å²) < 4.78 is 26.7. The van der Waals surface area contributed by atoms with Gasteiger partial charge in [0.25, 0.3) is 5.91 Å². The average molecular weight is 294 g/mol. The van der Waals surface area contributed by atoms with E-state index in [2.05, 4.69) is 5.32 Å². The molecular weight excluding hydrogens is 278 g/mol. The Morgan fingerprint density at radius 3 is 2.57 bits per heavy atom. The van der Waals surface area contributed by atoms with Gasteiger partial charge in [0.2, 0.25) is 0 Å². The highest BCUT2D eigenvalue weighted by atomic mass is 19.1. The first-order valence-electron chi connectivity index (χ1n) is 6.98. The van der Waals surface area contributed by atoms with Gasteiger partial charge in [-0.05, 0) is 24.0 Å². The molecule has 1 aliphatic heterocycles. The van der Waals surface area contributed by atoms with Crippen LogP contribution in [0.5, 0.6) is 0 Å². The lowest BCUT2D eigenvalue weighted by molar-refractivity contribution is -0.128. The SMILES string of the molecule is CC(C)C1NC(=O)N(C2CC2c2ccc(F)cc2F)C1=O. The molecule has 3 atom stereocenters. The van der Waals surface area contributed by atoms with Crippen molar-refractivity contribution in [3.8, 4) is 0 Å². The molecule has 1 saturated heterocycles. The van der Waals surface area contributed by atoms with E-state index in [9.17, 15) is 18.4 Å². The molecule has 2 fully saturated rings. The molecule has 4 nitrogen and oxygen atoms in total. The van der Waals surface area contributed by atoms with Crippen LogP contribution in [-0.4, -0.2) is 28.9 Å². The summed E-state index contributed by atoms with van der Waals surface area (Å²) in [5.41, 5.74) is 0.356. The first-order chi connectivity index (χ1) is 9.90. The highest BCUT2D eigenvalue weighted by Gasteiger charge is 2.53. The van der Waals surface area contributed by atoms with Crippen LogP contribution in [0.3, 0.4) is 0 Å². The number of halogens is 2. The molecule has 1 saturated carbocycles. The minimum atomic E-state index is -0.636. The summed E-state index contributed by atoms with van der Waals surface area (Å²) in [6.45, 7) is 3.72. The summed E-state index contributed by atoms with van der Waals surface area (Å²) in [6.07, 6.45) is 0.520. The lowest BCUT2D eigenvalue weighted by atomic mass is 10.0. The van der Waals surface area contributed by atoms with Crippen LogP contribution < -0.4 is 5.32 Å². The Kier molecular flexibility index (Phi) is 3.19. The minimum Gasteiger partial charge on any atom is -0.326 e. The maximum absolute atomic E-state index is 13.8. The van der Waals surface area contributed by atoms with Gasteiger partial charge in [0, 0.05) is 18.0 Å². The number of carbonyl (C=O) groups is 2. The summed E-state index contributed by atoms with van der Waals surface area (Å²) in [5.74, 6) is -1.76. The number of urea groups is 1. The number of hydrogen-bond acceptors (Lipinski definition) is 2. The van der Waals surface area contributed by atoms with Crippen LogP contribution in [0, 0.1) is 17.6 Å². The van der Waals surface area contributed by atoms with Gasteiger partial charge in [-0.3, -0.25) is 9.69 Å². The molecule has 1 heterocycles. The fourth-order valence-corrected chi connectivity index (χ4v) is 2.88. The summed E-state index contributed by atoms with van der Waals surface area (Å²) in [6, 6.07) is 2.13. The lowest BCUT2D eigenvalue weighted by Gasteiger charge is -2.14. The van der Waals surface area contributed by atoms with Crippen molar-refractivity contribution in [1.29, 1.82) is 0 Å². The number of imide groups is 1. The van der Waals surface area contributed by atoms with Gasteiger partial charge >= 0.3 is 6.03 Å². The van der Waals surface area contributed by atoms with Crippen molar-refractivity contribution in [1.82, 2.24) is 10.2 Å². The molecule has 112 valence electrons. The van der Waals surface area contributed by atoms with Crippen molar-refractivity contribution in [3.63, 3.8) is 0 Å². The third-order valence-electron chi connectivity index (χ3n) is 4.12. The molecule has 1 aromatic carbocycles. The third-order valence-corrected chi connectivity index (χ3v) is 4.12. The molecule has 3 unspecified atom stereocenters. The molecule has 1 N–H and O–H groups in total. The Morgan fingerprint density at radius 2 is 2.00 bits per heavy atom. The van der Waals surface area contributed by atoms with Crippen LogP contribution in [0.15, 0.2) is 18.2 Å². The Bertz CT molecular complexity index is 618. The van der Waals surface area contributed by atoms with Crippen LogP contribution in [0.2, 0.25) is 0 Å². The number of nitrogens with zero attached hydrogens (tertiary/aromatic N) is 1. The lowest BCUT2D eigenvalue weighted by Crippen LogP contribution is -2.36. The van der Waals surface area contributed by atoms with E-state index in [4.69, 9.17) is 0 Å². The smallest absolute Gasteiger partial charge is 0.325 e. The van der Waals surface area contributed by atoms with Crippen molar-refractivity contribution in [2.45, 2.75) is 38.3 Å². The van der Waals surface area contributed by atoms with E-state index in [1.807, 2.05) is 13.8 Å². The van der Waals surface area contributed by atoms with Crippen molar-refractivity contribution in [2.24, 2.45) is 5.92 Å². The Balaban J connectivity index is 1.79. The average Bonchev–Trinajstić information content (AvgIpc) is 3.09. The standard InChI is InChI=1S/C15H16F2N2O2/c1-7(2)13-14(20)19(15(21)18-13)12-6-10(12)9-4-3-8(16)5-11(9)17/h3-5,7,10,12-13H,6H2,1-2H3,(H,18,21). The molecule has 3 rings (SSSR count). The largest absolute Gasteiger partial charge is 0.326 e. The quantitative estimate of drug-likeness (QED) is 0.870. The highest BCUT2D eigenvalue weighted by Crippen LogP contribution is 2.46. The Morgan fingerprint density at radius 1 is 1.29 bits per heavy atom. The molecule has 2 aliphatic rings. The van der Waals surface area contributed by atoms with Crippen LogP contribution in [0.1, 0.15) is 31.7 Å². The number of amides is 3. The van der Waals surface area contributed by atoms with E-state index < -0.39 is 23.7 Å². The molecule has 0 bridgehead atoms. The normalized spacial score (nSPS) is 28.2. The topological polar surface area (TPSA) is 49.4 Å². The third kappa shape index (κ3) is 2.28. The van der Waals surface area contributed by atoms with E-state index in [1.165, 1.54) is 17.0 Å². The monoisotopic (exact) mass is 294 g/mol. The number of hydrogen-bond donors (Lipinski definition) is 1. The molecule has 1 aliphatic carbocycles. The van der Waals surface area contributed by atoms with Gasteiger partial charge in [-0.15, -0.1) is 0 Å². The van der Waals surface area contributed by atoms with E-state index in [0.29, 0.717) is 12.0 Å². The van der Waals surface area contributed by atoms with Gasteiger partial charge in [-0.1, -0.05) is 19.9 Å². The van der Waals surface area contributed by atoms with Gasteiger partial charge in [-0.25, -0.2) is 13.6 Å². The zero-order valence-corrected chi connectivity index (χ0v) is 11.8. The van der Waals surface area contributed by atoms with E-state index in [-0.39, 0.29) is 23.8 Å². The van der Waals surface area contributed by atoms with Crippen molar-refractivity contribution >= 4 is 11.9 Å². The van der Waals surface area contributed by atoms with Crippen molar-refractivity contribution in [2.75, 3.05) is 0 Å². The van der Waals surface area contributed by atoms with Gasteiger partial charge in [0.1, 0.15) is 17.7 Å². The molecule has 3 amide bonds. The second-order valence-electron chi connectivity index (χ2n) is 5.95. The van der Waals surface area contributed by atoms with E-state index in [1.54, 1.807) is 0 Å². The van der Waals surface area contributed by atoms with Crippen LogP contribution in [-0.2, 0) is 4.79 Å². The molecular formula is C15H16F2N2O2. The maximum Gasteiger partial charge on any atom is 0.325 e. The zero-order valence-electron chi connectivity index (χ0n) is 11.8. The fourth-order valence-electron chi connectivity index (χ4n) is 2.88. The number of nitrogens with one attached hydrogen (secondary N) is 1. The molecule has 6 heteroatoms. The van der Waals surface area contributed by atoms with E-state index in [0.717, 1.165) is 6.07 Å². The fraction of sp³-hybridized carbons (Fsp3) is 0.467.